The first-order valence-electron chi connectivity index (χ1n) is 8.13. The quantitative estimate of drug-likeness (QED) is 0.832. The van der Waals surface area contributed by atoms with Crippen LogP contribution in [0.1, 0.15) is 11.5 Å². The molecule has 0 aromatic heterocycles. The molecule has 7 heteroatoms. The van der Waals surface area contributed by atoms with Gasteiger partial charge in [0.2, 0.25) is 6.79 Å². The van der Waals surface area contributed by atoms with Gasteiger partial charge in [-0.2, -0.15) is 0 Å². The van der Waals surface area contributed by atoms with E-state index in [1.165, 1.54) is 0 Å². The van der Waals surface area contributed by atoms with Gasteiger partial charge in [-0.25, -0.2) is 8.42 Å². The van der Waals surface area contributed by atoms with Crippen molar-refractivity contribution < 1.29 is 17.9 Å². The molecule has 2 aromatic carbocycles. The summed E-state index contributed by atoms with van der Waals surface area (Å²) in [5.74, 6) is 1.03. The Bertz CT molecular complexity index is 895. The predicted octanol–water partition coefficient (Wildman–Crippen LogP) is 1.26. The van der Waals surface area contributed by atoms with E-state index in [0.29, 0.717) is 16.4 Å². The van der Waals surface area contributed by atoms with E-state index in [4.69, 9.17) is 20.9 Å². The third kappa shape index (κ3) is 2.34. The van der Waals surface area contributed by atoms with E-state index in [1.54, 1.807) is 36.4 Å². The molecule has 25 heavy (non-hydrogen) atoms. The van der Waals surface area contributed by atoms with Gasteiger partial charge in [-0.15, -0.1) is 0 Å². The second-order valence-corrected chi connectivity index (χ2v) is 8.58. The standard InChI is InChI=1S/C18H20N2O4S/c19-9-18(10-20)16(12-6-7-14-15(8-12)24-11-23-14)17(18)25(21,22)13-4-2-1-3-5-13/h1-8,16-17H,9-11,19-20H2/t16-,17-/m0/s1. The predicted molar refractivity (Wildman–Crippen MR) is 93.3 cm³/mol. The molecule has 0 amide bonds. The fourth-order valence-corrected chi connectivity index (χ4v) is 6.38. The van der Waals surface area contributed by atoms with E-state index >= 15 is 0 Å². The first-order valence-corrected chi connectivity index (χ1v) is 9.68. The number of rotatable bonds is 5. The summed E-state index contributed by atoms with van der Waals surface area (Å²) in [5, 5.41) is -0.641. The van der Waals surface area contributed by atoms with Gasteiger partial charge in [-0.3, -0.25) is 0 Å². The van der Waals surface area contributed by atoms with Crippen LogP contribution in [-0.2, 0) is 9.84 Å². The van der Waals surface area contributed by atoms with Crippen LogP contribution >= 0.6 is 0 Å². The monoisotopic (exact) mass is 360 g/mol. The average molecular weight is 360 g/mol. The van der Waals surface area contributed by atoms with Crippen molar-refractivity contribution in [3.05, 3.63) is 54.1 Å². The molecule has 0 bridgehead atoms. The molecule has 1 saturated carbocycles. The van der Waals surface area contributed by atoms with E-state index in [0.717, 1.165) is 5.56 Å². The molecular weight excluding hydrogens is 340 g/mol. The summed E-state index contributed by atoms with van der Waals surface area (Å²) in [6, 6.07) is 14.0. The number of fused-ring (bicyclic) bond motifs is 1. The number of benzene rings is 2. The van der Waals surface area contributed by atoms with Crippen molar-refractivity contribution in [2.45, 2.75) is 16.1 Å². The minimum Gasteiger partial charge on any atom is -0.454 e. The Morgan fingerprint density at radius 2 is 1.68 bits per heavy atom. The van der Waals surface area contributed by atoms with Gasteiger partial charge in [0.15, 0.2) is 21.3 Å². The van der Waals surface area contributed by atoms with E-state index in [1.807, 2.05) is 12.1 Å². The summed E-state index contributed by atoms with van der Waals surface area (Å²) in [6.07, 6.45) is 0. The lowest BCUT2D eigenvalue weighted by Gasteiger charge is -2.13. The molecule has 0 saturated heterocycles. The Hall–Kier alpha value is -2.09. The highest BCUT2D eigenvalue weighted by Crippen LogP contribution is 2.63. The van der Waals surface area contributed by atoms with Gasteiger partial charge in [0.1, 0.15) is 0 Å². The van der Waals surface area contributed by atoms with Crippen LogP contribution in [0.4, 0.5) is 0 Å². The first-order chi connectivity index (χ1) is 12.0. The minimum atomic E-state index is -3.54. The van der Waals surface area contributed by atoms with Gasteiger partial charge in [0, 0.05) is 24.4 Å². The van der Waals surface area contributed by atoms with Gasteiger partial charge < -0.3 is 20.9 Å². The van der Waals surface area contributed by atoms with Crippen LogP contribution in [0.5, 0.6) is 11.5 Å². The largest absolute Gasteiger partial charge is 0.454 e. The van der Waals surface area contributed by atoms with Crippen molar-refractivity contribution in [1.29, 1.82) is 0 Å². The van der Waals surface area contributed by atoms with Gasteiger partial charge in [-0.05, 0) is 29.8 Å². The summed E-state index contributed by atoms with van der Waals surface area (Å²) in [6.45, 7) is 0.590. The Kier molecular flexibility index (Phi) is 3.75. The van der Waals surface area contributed by atoms with Crippen molar-refractivity contribution in [2.75, 3.05) is 19.9 Å². The van der Waals surface area contributed by atoms with E-state index in [9.17, 15) is 8.42 Å². The Morgan fingerprint density at radius 1 is 1.00 bits per heavy atom. The van der Waals surface area contributed by atoms with Crippen LogP contribution in [0.15, 0.2) is 53.4 Å². The molecule has 132 valence electrons. The maximum absolute atomic E-state index is 13.2. The lowest BCUT2D eigenvalue weighted by Crippen LogP contribution is -2.31. The molecule has 0 unspecified atom stereocenters. The summed E-state index contributed by atoms with van der Waals surface area (Å²) >= 11 is 0. The van der Waals surface area contributed by atoms with Crippen molar-refractivity contribution in [2.24, 2.45) is 16.9 Å². The Balaban J connectivity index is 1.77. The Morgan fingerprint density at radius 3 is 2.36 bits per heavy atom. The lowest BCUT2D eigenvalue weighted by molar-refractivity contribution is 0.174. The zero-order chi connectivity index (χ0) is 17.7. The zero-order valence-corrected chi connectivity index (χ0v) is 14.4. The maximum atomic E-state index is 13.2. The SMILES string of the molecule is NCC1(CN)[C@@H](c2ccc3c(c2)OCO3)[C@@H]1S(=O)(=O)c1ccccc1. The van der Waals surface area contributed by atoms with E-state index in [2.05, 4.69) is 0 Å². The highest BCUT2D eigenvalue weighted by molar-refractivity contribution is 7.92. The summed E-state index contributed by atoms with van der Waals surface area (Å²) < 4.78 is 37.1. The number of nitrogens with two attached hydrogens (primary N) is 2. The minimum absolute atomic E-state index is 0.175. The maximum Gasteiger partial charge on any atom is 0.231 e. The van der Waals surface area contributed by atoms with E-state index in [-0.39, 0.29) is 25.8 Å². The van der Waals surface area contributed by atoms with Crippen LogP contribution in [0, 0.1) is 5.41 Å². The molecule has 1 aliphatic heterocycles. The van der Waals surface area contributed by atoms with E-state index < -0.39 is 20.5 Å². The molecule has 2 aromatic rings. The van der Waals surface area contributed by atoms with Crippen molar-refractivity contribution in [3.63, 3.8) is 0 Å². The topological polar surface area (TPSA) is 105 Å². The summed E-state index contributed by atoms with van der Waals surface area (Å²) in [5.41, 5.74) is 12.2. The second-order valence-electron chi connectivity index (χ2n) is 6.51. The molecule has 2 atom stereocenters. The van der Waals surface area contributed by atoms with Crippen LogP contribution < -0.4 is 20.9 Å². The van der Waals surface area contributed by atoms with Crippen LogP contribution in [-0.4, -0.2) is 33.6 Å². The molecule has 4 N–H and O–H groups in total. The molecule has 2 aliphatic rings. The highest BCUT2D eigenvalue weighted by Gasteiger charge is 2.69. The molecule has 1 fully saturated rings. The van der Waals surface area contributed by atoms with Crippen LogP contribution in [0.2, 0.25) is 0 Å². The van der Waals surface area contributed by atoms with Gasteiger partial charge in [-0.1, -0.05) is 24.3 Å². The fourth-order valence-electron chi connectivity index (χ4n) is 3.88. The van der Waals surface area contributed by atoms with Gasteiger partial charge in [0.25, 0.3) is 0 Å². The van der Waals surface area contributed by atoms with Crippen molar-refractivity contribution >= 4 is 9.84 Å². The molecule has 0 radical (unpaired) electrons. The number of ether oxygens (including phenoxy) is 2. The van der Waals surface area contributed by atoms with Crippen molar-refractivity contribution in [1.82, 2.24) is 0 Å². The van der Waals surface area contributed by atoms with Gasteiger partial charge in [0.05, 0.1) is 10.1 Å². The smallest absolute Gasteiger partial charge is 0.231 e. The molecular formula is C18H20N2O4S. The molecule has 1 heterocycles. The third-order valence-corrected chi connectivity index (χ3v) is 7.64. The summed E-state index contributed by atoms with van der Waals surface area (Å²) in [4.78, 5) is 0.300. The number of sulfone groups is 1. The number of hydrogen-bond donors (Lipinski definition) is 2. The average Bonchev–Trinajstić information content (AvgIpc) is 3.12. The second kappa shape index (κ2) is 5.72. The third-order valence-electron chi connectivity index (χ3n) is 5.30. The molecule has 0 spiro atoms. The zero-order valence-electron chi connectivity index (χ0n) is 13.6. The highest BCUT2D eigenvalue weighted by atomic mass is 32.2. The van der Waals surface area contributed by atoms with Crippen LogP contribution in [0.3, 0.4) is 0 Å². The summed E-state index contributed by atoms with van der Waals surface area (Å²) in [7, 11) is -3.54. The number of hydrogen-bond acceptors (Lipinski definition) is 6. The fraction of sp³-hybridized carbons (Fsp3) is 0.333. The molecule has 4 rings (SSSR count). The van der Waals surface area contributed by atoms with Crippen LogP contribution in [0.25, 0.3) is 0 Å². The molecule has 6 nitrogen and oxygen atoms in total. The molecule has 1 aliphatic carbocycles. The lowest BCUT2D eigenvalue weighted by atomic mass is 9.99. The van der Waals surface area contributed by atoms with Crippen molar-refractivity contribution in [3.8, 4) is 11.5 Å². The van der Waals surface area contributed by atoms with Gasteiger partial charge >= 0.3 is 0 Å². The normalized spacial score (nSPS) is 23.4. The first kappa shape index (κ1) is 16.4. The Labute approximate surface area is 146 Å².